The van der Waals surface area contributed by atoms with Crippen molar-refractivity contribution in [2.24, 2.45) is 0 Å². The lowest BCUT2D eigenvalue weighted by atomic mass is 10.0. The van der Waals surface area contributed by atoms with Crippen molar-refractivity contribution in [2.45, 2.75) is 33.6 Å². The number of rotatable bonds is 6. The molecule has 0 bridgehead atoms. The van der Waals surface area contributed by atoms with Gasteiger partial charge in [0.25, 0.3) is 11.8 Å². The van der Waals surface area contributed by atoms with E-state index in [1.54, 1.807) is 24.3 Å². The lowest BCUT2D eigenvalue weighted by Crippen LogP contribution is -2.22. The molecule has 35 heavy (non-hydrogen) atoms. The fourth-order valence-corrected chi connectivity index (χ4v) is 5.02. The number of carbonyl (C=O) groups is 2. The van der Waals surface area contributed by atoms with Gasteiger partial charge in [0.05, 0.1) is 5.56 Å². The van der Waals surface area contributed by atoms with Crippen LogP contribution in [0.2, 0.25) is 0 Å². The number of hydrogen-bond donors (Lipinski definition) is 2. The zero-order valence-corrected chi connectivity index (χ0v) is 20.2. The van der Waals surface area contributed by atoms with Crippen LogP contribution in [-0.2, 0) is 17.6 Å². The first-order valence-electron chi connectivity index (χ1n) is 11.8. The Morgan fingerprint density at radius 2 is 1.54 bits per heavy atom. The van der Waals surface area contributed by atoms with Gasteiger partial charge in [-0.25, -0.2) is 0 Å². The predicted molar refractivity (Wildman–Crippen MR) is 141 cm³/mol. The van der Waals surface area contributed by atoms with Crippen molar-refractivity contribution in [2.75, 3.05) is 17.2 Å². The molecule has 5 heteroatoms. The lowest BCUT2D eigenvalue weighted by Gasteiger charge is -2.15. The molecule has 0 atom stereocenters. The van der Waals surface area contributed by atoms with Gasteiger partial charge in [0.2, 0.25) is 0 Å². The van der Waals surface area contributed by atoms with E-state index in [1.165, 1.54) is 16.5 Å². The lowest BCUT2D eigenvalue weighted by molar-refractivity contribution is -0.118. The Bertz CT molecular complexity index is 1440. The average Bonchev–Trinajstić information content (AvgIpc) is 3.26. The van der Waals surface area contributed by atoms with Crippen LogP contribution in [0.15, 0.2) is 66.7 Å². The number of nitrogens with one attached hydrogen (secondary N) is 2. The Hall–Kier alpha value is -4.12. The van der Waals surface area contributed by atoms with Gasteiger partial charge < -0.3 is 15.4 Å². The summed E-state index contributed by atoms with van der Waals surface area (Å²) in [6.07, 6.45) is 2.07. The quantitative estimate of drug-likeness (QED) is 0.361. The topological polar surface area (TPSA) is 67.4 Å². The number of para-hydroxylation sites is 1. The summed E-state index contributed by atoms with van der Waals surface area (Å²) >= 11 is 0. The molecule has 0 unspecified atom stereocenters. The molecule has 5 nitrogen and oxygen atoms in total. The van der Waals surface area contributed by atoms with Crippen molar-refractivity contribution in [3.8, 4) is 5.75 Å². The second-order valence-electron chi connectivity index (χ2n) is 9.17. The van der Waals surface area contributed by atoms with E-state index in [-0.39, 0.29) is 18.4 Å². The van der Waals surface area contributed by atoms with Crippen LogP contribution in [0.25, 0.3) is 10.8 Å². The average molecular weight is 465 g/mol. The maximum Gasteiger partial charge on any atom is 0.262 e. The fraction of sp³-hybridized carbons (Fsp3) is 0.200. The van der Waals surface area contributed by atoms with Crippen LogP contribution in [0.3, 0.4) is 0 Å². The highest BCUT2D eigenvalue weighted by atomic mass is 16.5. The molecule has 176 valence electrons. The van der Waals surface area contributed by atoms with Crippen LogP contribution in [0.4, 0.5) is 11.4 Å². The Morgan fingerprint density at radius 3 is 2.31 bits per heavy atom. The van der Waals surface area contributed by atoms with Gasteiger partial charge in [-0.05, 0) is 79.5 Å². The number of hydrogen-bond acceptors (Lipinski definition) is 3. The van der Waals surface area contributed by atoms with Crippen LogP contribution in [0.5, 0.6) is 5.75 Å². The fourth-order valence-electron chi connectivity index (χ4n) is 5.02. The number of aryl methyl sites for hydroxylation is 5. The predicted octanol–water partition coefficient (Wildman–Crippen LogP) is 6.13. The van der Waals surface area contributed by atoms with Crippen molar-refractivity contribution in [3.63, 3.8) is 0 Å². The Labute approximate surface area is 205 Å². The maximum absolute atomic E-state index is 13.1. The third-order valence-corrected chi connectivity index (χ3v) is 6.56. The minimum absolute atomic E-state index is 0.199. The third-order valence-electron chi connectivity index (χ3n) is 6.56. The highest BCUT2D eigenvalue weighted by Crippen LogP contribution is 2.35. The minimum atomic E-state index is -0.274. The summed E-state index contributed by atoms with van der Waals surface area (Å²) in [5.74, 6) is -0.185. The summed E-state index contributed by atoms with van der Waals surface area (Å²) < 4.78 is 5.81. The molecule has 0 spiro atoms. The van der Waals surface area contributed by atoms with Gasteiger partial charge in [0, 0.05) is 16.8 Å². The molecule has 0 heterocycles. The molecule has 4 aromatic carbocycles. The van der Waals surface area contributed by atoms with Crippen LogP contribution < -0.4 is 15.4 Å². The smallest absolute Gasteiger partial charge is 0.262 e. The maximum atomic E-state index is 13.1. The second kappa shape index (κ2) is 9.26. The van der Waals surface area contributed by atoms with Crippen LogP contribution in [-0.4, -0.2) is 18.4 Å². The molecule has 1 aliphatic rings. The van der Waals surface area contributed by atoms with Crippen molar-refractivity contribution in [3.05, 3.63) is 100 Å². The van der Waals surface area contributed by atoms with Gasteiger partial charge in [-0.3, -0.25) is 9.59 Å². The van der Waals surface area contributed by atoms with E-state index in [9.17, 15) is 9.59 Å². The van der Waals surface area contributed by atoms with Crippen molar-refractivity contribution >= 4 is 34.0 Å². The number of anilines is 2. The Kier molecular flexibility index (Phi) is 6.00. The summed E-state index contributed by atoms with van der Waals surface area (Å²) in [7, 11) is 0. The molecule has 0 fully saturated rings. The normalized spacial score (nSPS) is 12.0. The van der Waals surface area contributed by atoms with Gasteiger partial charge in [-0.1, -0.05) is 54.1 Å². The van der Waals surface area contributed by atoms with E-state index in [2.05, 4.69) is 22.8 Å². The zero-order chi connectivity index (χ0) is 24.5. The summed E-state index contributed by atoms with van der Waals surface area (Å²) in [4.78, 5) is 25.9. The molecule has 4 aromatic rings. The van der Waals surface area contributed by atoms with Gasteiger partial charge in [0.1, 0.15) is 5.75 Å². The molecular formula is C30H28N2O3. The number of benzene rings is 4. The van der Waals surface area contributed by atoms with Crippen molar-refractivity contribution in [1.82, 2.24) is 0 Å². The molecule has 5 rings (SSSR count). The van der Waals surface area contributed by atoms with Gasteiger partial charge >= 0.3 is 0 Å². The molecule has 1 aliphatic carbocycles. The molecule has 0 saturated carbocycles. The van der Waals surface area contributed by atoms with E-state index in [1.807, 2.05) is 51.1 Å². The molecule has 0 radical (unpaired) electrons. The van der Waals surface area contributed by atoms with E-state index in [0.29, 0.717) is 11.3 Å². The van der Waals surface area contributed by atoms with E-state index in [0.717, 1.165) is 46.3 Å². The highest BCUT2D eigenvalue weighted by molar-refractivity contribution is 6.07. The first-order chi connectivity index (χ1) is 16.9. The minimum Gasteiger partial charge on any atom is -0.483 e. The zero-order valence-electron chi connectivity index (χ0n) is 20.2. The molecule has 0 aliphatic heterocycles. The molecule has 2 amide bonds. The van der Waals surface area contributed by atoms with Crippen molar-refractivity contribution < 1.29 is 14.3 Å². The molecule has 0 saturated heterocycles. The van der Waals surface area contributed by atoms with Crippen LogP contribution in [0, 0.1) is 20.8 Å². The SMILES string of the molecule is Cc1cc(C)c(NC(=O)c2ccccc2OCC(=O)Nc2ccc3c4c(cccc24)CC3)c(C)c1. The first-order valence-corrected chi connectivity index (χ1v) is 11.8. The number of ether oxygens (including phenoxy) is 1. The second-order valence-corrected chi connectivity index (χ2v) is 9.17. The van der Waals surface area contributed by atoms with Crippen molar-refractivity contribution in [1.29, 1.82) is 0 Å². The summed E-state index contributed by atoms with van der Waals surface area (Å²) in [6.45, 7) is 5.78. The summed E-state index contributed by atoms with van der Waals surface area (Å²) in [6, 6.07) is 21.3. The largest absolute Gasteiger partial charge is 0.483 e. The third kappa shape index (κ3) is 4.50. The van der Waals surface area contributed by atoms with Crippen LogP contribution in [0.1, 0.15) is 38.2 Å². The molecule has 2 N–H and O–H groups in total. The number of amides is 2. The Morgan fingerprint density at radius 1 is 0.829 bits per heavy atom. The van der Waals surface area contributed by atoms with E-state index >= 15 is 0 Å². The van der Waals surface area contributed by atoms with Gasteiger partial charge in [-0.2, -0.15) is 0 Å². The van der Waals surface area contributed by atoms with Gasteiger partial charge in [0.15, 0.2) is 6.61 Å². The summed E-state index contributed by atoms with van der Waals surface area (Å²) in [5, 5.41) is 8.28. The molecular weight excluding hydrogens is 436 g/mol. The van der Waals surface area contributed by atoms with Gasteiger partial charge in [-0.15, -0.1) is 0 Å². The number of carbonyl (C=O) groups excluding carboxylic acids is 2. The Balaban J connectivity index is 1.30. The van der Waals surface area contributed by atoms with E-state index in [4.69, 9.17) is 4.74 Å². The molecule has 0 aromatic heterocycles. The first kappa shape index (κ1) is 22.7. The van der Waals surface area contributed by atoms with E-state index < -0.39 is 0 Å². The van der Waals surface area contributed by atoms with Crippen LogP contribution >= 0.6 is 0 Å². The monoisotopic (exact) mass is 464 g/mol. The summed E-state index contributed by atoms with van der Waals surface area (Å²) in [5.41, 5.74) is 7.74. The highest BCUT2D eigenvalue weighted by Gasteiger charge is 2.18. The standard InChI is InChI=1S/C30H28N2O3/c1-18-15-19(2)29(20(3)16-18)32-30(34)24-8-4-5-10-26(24)35-17-27(33)31-25-14-13-22-12-11-21-7-6-9-23(25)28(21)22/h4-10,13-16H,11-12,17H2,1-3H3,(H,31,33)(H,32,34).